The molecule has 0 saturated carbocycles. The summed E-state index contributed by atoms with van der Waals surface area (Å²) in [5, 5.41) is 17.6. The molecule has 0 bridgehead atoms. The summed E-state index contributed by atoms with van der Waals surface area (Å²) in [5.74, 6) is 1.95. The number of hydrogen-bond donors (Lipinski definition) is 3. The predicted octanol–water partition coefficient (Wildman–Crippen LogP) is 3.38. The van der Waals surface area contributed by atoms with Gasteiger partial charge in [0, 0.05) is 11.9 Å². The molecule has 0 radical (unpaired) electrons. The second-order valence-electron chi connectivity index (χ2n) is 5.80. The Labute approximate surface area is 146 Å². The summed E-state index contributed by atoms with van der Waals surface area (Å²) >= 11 is 0. The highest BCUT2D eigenvalue weighted by atomic mass is 16.4. The van der Waals surface area contributed by atoms with E-state index in [1.54, 1.807) is 12.1 Å². The Morgan fingerprint density at radius 2 is 2.04 bits per heavy atom. The zero-order valence-corrected chi connectivity index (χ0v) is 14.4. The monoisotopic (exact) mass is 341 g/mol. The van der Waals surface area contributed by atoms with Crippen molar-refractivity contribution in [3.63, 3.8) is 0 Å². The van der Waals surface area contributed by atoms with Crippen LogP contribution in [-0.4, -0.2) is 24.2 Å². The molecule has 0 fully saturated rings. The second kappa shape index (κ2) is 7.90. The molecule has 0 aliphatic carbocycles. The fraction of sp³-hybridized carbons (Fsp3) is 0.316. The lowest BCUT2D eigenvalue weighted by Crippen LogP contribution is -2.39. The normalized spacial score (nSPS) is 14.4. The zero-order chi connectivity index (χ0) is 17.6. The number of rotatable bonds is 6. The van der Waals surface area contributed by atoms with Gasteiger partial charge in [-0.3, -0.25) is 4.99 Å². The van der Waals surface area contributed by atoms with Crippen molar-refractivity contribution in [1.29, 1.82) is 0 Å². The average molecular weight is 341 g/mol. The quantitative estimate of drug-likeness (QED) is 0.473. The molecule has 2 heterocycles. The van der Waals surface area contributed by atoms with Gasteiger partial charge in [-0.2, -0.15) is 0 Å². The number of fused-ring (bicyclic) bond motifs is 1. The highest BCUT2D eigenvalue weighted by Crippen LogP contribution is 2.23. The van der Waals surface area contributed by atoms with Gasteiger partial charge in [-0.25, -0.2) is 0 Å². The summed E-state index contributed by atoms with van der Waals surface area (Å²) < 4.78 is 11.1. The van der Waals surface area contributed by atoms with Crippen LogP contribution < -0.4 is 10.6 Å². The van der Waals surface area contributed by atoms with Crippen LogP contribution in [0.2, 0.25) is 0 Å². The van der Waals surface area contributed by atoms with E-state index in [2.05, 4.69) is 15.6 Å². The molecule has 2 atom stereocenters. The molecule has 2 unspecified atom stereocenters. The van der Waals surface area contributed by atoms with Crippen molar-refractivity contribution in [3.05, 3.63) is 60.2 Å². The Morgan fingerprint density at radius 1 is 1.20 bits per heavy atom. The molecule has 0 saturated heterocycles. The fourth-order valence-electron chi connectivity index (χ4n) is 2.56. The van der Waals surface area contributed by atoms with Crippen LogP contribution in [0.1, 0.15) is 37.5 Å². The summed E-state index contributed by atoms with van der Waals surface area (Å²) in [5.41, 5.74) is 0.862. The highest BCUT2D eigenvalue weighted by Gasteiger charge is 2.14. The van der Waals surface area contributed by atoms with Crippen LogP contribution in [0.3, 0.4) is 0 Å². The van der Waals surface area contributed by atoms with E-state index in [1.807, 2.05) is 44.2 Å². The number of nitrogens with zero attached hydrogens (tertiary/aromatic N) is 1. The number of nitrogens with one attached hydrogen (secondary N) is 2. The first-order valence-electron chi connectivity index (χ1n) is 8.42. The van der Waals surface area contributed by atoms with E-state index in [0.717, 1.165) is 23.3 Å². The molecule has 0 aliphatic heterocycles. The Bertz CT molecular complexity index is 790. The van der Waals surface area contributed by atoms with Gasteiger partial charge < -0.3 is 24.6 Å². The maximum Gasteiger partial charge on any atom is 0.191 e. The molecule has 3 N–H and O–H groups in total. The maximum absolute atomic E-state index is 10.1. The van der Waals surface area contributed by atoms with Crippen LogP contribution >= 0.6 is 0 Å². The van der Waals surface area contributed by atoms with E-state index >= 15 is 0 Å². The van der Waals surface area contributed by atoms with Gasteiger partial charge in [0.25, 0.3) is 0 Å². The van der Waals surface area contributed by atoms with E-state index in [0.29, 0.717) is 11.7 Å². The summed E-state index contributed by atoms with van der Waals surface area (Å²) in [4.78, 5) is 4.43. The van der Waals surface area contributed by atoms with Crippen molar-refractivity contribution in [1.82, 2.24) is 10.6 Å². The van der Waals surface area contributed by atoms with Crippen molar-refractivity contribution in [2.75, 3.05) is 13.1 Å². The molecule has 25 heavy (non-hydrogen) atoms. The molecule has 0 amide bonds. The first-order valence-corrected chi connectivity index (χ1v) is 8.42. The summed E-state index contributed by atoms with van der Waals surface area (Å²) in [6.45, 7) is 4.92. The van der Waals surface area contributed by atoms with Crippen molar-refractivity contribution in [2.24, 2.45) is 4.99 Å². The zero-order valence-electron chi connectivity index (χ0n) is 14.4. The molecule has 0 aliphatic rings. The number of aliphatic hydroxyl groups is 1. The molecule has 3 aromatic rings. The van der Waals surface area contributed by atoms with Gasteiger partial charge in [0.15, 0.2) is 5.96 Å². The third-order valence-electron chi connectivity index (χ3n) is 3.86. The topological polar surface area (TPSA) is 82.9 Å². The van der Waals surface area contributed by atoms with Gasteiger partial charge in [0.1, 0.15) is 23.2 Å². The summed E-state index contributed by atoms with van der Waals surface area (Å²) in [7, 11) is 0. The van der Waals surface area contributed by atoms with Gasteiger partial charge >= 0.3 is 0 Å². The molecule has 1 aromatic carbocycles. The Hall–Kier alpha value is -2.73. The largest absolute Gasteiger partial charge is 0.467 e. The lowest BCUT2D eigenvalue weighted by molar-refractivity contribution is 0.158. The average Bonchev–Trinajstić information content (AvgIpc) is 3.28. The van der Waals surface area contributed by atoms with E-state index < -0.39 is 6.10 Å². The molecule has 6 heteroatoms. The van der Waals surface area contributed by atoms with E-state index in [1.165, 1.54) is 6.26 Å². The van der Waals surface area contributed by atoms with Crippen LogP contribution in [0, 0.1) is 0 Å². The van der Waals surface area contributed by atoms with Gasteiger partial charge in [-0.1, -0.05) is 18.2 Å². The van der Waals surface area contributed by atoms with Gasteiger partial charge in [-0.15, -0.1) is 0 Å². The van der Waals surface area contributed by atoms with E-state index in [-0.39, 0.29) is 12.6 Å². The van der Waals surface area contributed by atoms with Gasteiger partial charge in [-0.05, 0) is 38.1 Å². The van der Waals surface area contributed by atoms with Crippen molar-refractivity contribution in [3.8, 4) is 0 Å². The molecule has 3 rings (SSSR count). The molecular weight excluding hydrogens is 318 g/mol. The van der Waals surface area contributed by atoms with Crippen molar-refractivity contribution >= 4 is 16.9 Å². The van der Waals surface area contributed by atoms with Crippen LogP contribution in [0.5, 0.6) is 0 Å². The fourth-order valence-corrected chi connectivity index (χ4v) is 2.56. The SMILES string of the molecule is CCNC(=NCC(O)c1ccco1)NC(C)c1cc2ccccc2o1. The third kappa shape index (κ3) is 4.22. The van der Waals surface area contributed by atoms with Crippen LogP contribution in [0.4, 0.5) is 0 Å². The van der Waals surface area contributed by atoms with E-state index in [9.17, 15) is 5.11 Å². The van der Waals surface area contributed by atoms with Crippen LogP contribution in [-0.2, 0) is 0 Å². The molecular formula is C19H23N3O3. The number of furan rings is 2. The number of hydrogen-bond acceptors (Lipinski definition) is 4. The van der Waals surface area contributed by atoms with Crippen molar-refractivity contribution < 1.29 is 13.9 Å². The molecule has 6 nitrogen and oxygen atoms in total. The number of para-hydroxylation sites is 1. The maximum atomic E-state index is 10.1. The van der Waals surface area contributed by atoms with E-state index in [4.69, 9.17) is 8.83 Å². The molecule has 2 aromatic heterocycles. The minimum absolute atomic E-state index is 0.0639. The number of aliphatic imine (C=N–C) groups is 1. The lowest BCUT2D eigenvalue weighted by atomic mass is 10.2. The van der Waals surface area contributed by atoms with Crippen LogP contribution in [0.15, 0.2) is 62.6 Å². The van der Waals surface area contributed by atoms with Crippen molar-refractivity contribution in [2.45, 2.75) is 26.0 Å². The van der Waals surface area contributed by atoms with Gasteiger partial charge in [0.05, 0.1) is 18.8 Å². The smallest absolute Gasteiger partial charge is 0.191 e. The number of guanidine groups is 1. The first-order chi connectivity index (χ1) is 12.2. The summed E-state index contributed by atoms with van der Waals surface area (Å²) in [6.07, 6.45) is 0.766. The molecule has 0 spiro atoms. The second-order valence-corrected chi connectivity index (χ2v) is 5.80. The predicted molar refractivity (Wildman–Crippen MR) is 97.4 cm³/mol. The lowest BCUT2D eigenvalue weighted by Gasteiger charge is -2.16. The highest BCUT2D eigenvalue weighted by molar-refractivity contribution is 5.81. The van der Waals surface area contributed by atoms with Gasteiger partial charge in [0.2, 0.25) is 0 Å². The number of benzene rings is 1. The molecule has 132 valence electrons. The standard InChI is InChI=1S/C19H23N3O3/c1-3-20-19(21-12-15(23)17-9-6-10-24-17)22-13(2)18-11-14-7-4-5-8-16(14)25-18/h4-11,13,15,23H,3,12H2,1-2H3,(H2,20,21,22). The Balaban J connectivity index is 1.68. The minimum atomic E-state index is -0.771. The summed E-state index contributed by atoms with van der Waals surface area (Å²) in [6, 6.07) is 13.3. The minimum Gasteiger partial charge on any atom is -0.467 e. The number of aliphatic hydroxyl groups excluding tert-OH is 1. The third-order valence-corrected chi connectivity index (χ3v) is 3.86. The Morgan fingerprint density at radius 3 is 2.76 bits per heavy atom. The Kier molecular flexibility index (Phi) is 5.40. The van der Waals surface area contributed by atoms with Crippen LogP contribution in [0.25, 0.3) is 11.0 Å². The first kappa shape index (κ1) is 17.1.